The number of hydrogen-bond acceptors (Lipinski definition) is 3. The maximum absolute atomic E-state index is 15.0. The summed E-state index contributed by atoms with van der Waals surface area (Å²) in [5, 5.41) is 7.34. The Bertz CT molecular complexity index is 817. The first kappa shape index (κ1) is 15.6. The minimum absolute atomic E-state index is 0.271. The van der Waals surface area contributed by atoms with Crippen molar-refractivity contribution >= 4 is 22.7 Å². The van der Waals surface area contributed by atoms with Gasteiger partial charge in [0, 0.05) is 18.9 Å². The Morgan fingerprint density at radius 1 is 1.30 bits per heavy atom. The van der Waals surface area contributed by atoms with Gasteiger partial charge in [-0.15, -0.1) is 0 Å². The fourth-order valence-corrected chi connectivity index (χ4v) is 3.14. The zero-order chi connectivity index (χ0) is 16.9. The van der Waals surface area contributed by atoms with Crippen LogP contribution in [0.25, 0.3) is 10.9 Å². The molecule has 1 saturated heterocycles. The Morgan fingerprint density at radius 3 is 2.61 bits per heavy atom. The summed E-state index contributed by atoms with van der Waals surface area (Å²) < 4.78 is 16.4. The van der Waals surface area contributed by atoms with Crippen molar-refractivity contribution in [2.24, 2.45) is 7.05 Å². The van der Waals surface area contributed by atoms with Gasteiger partial charge in [-0.2, -0.15) is 5.10 Å². The number of piperidine rings is 1. The first-order valence-corrected chi connectivity index (χ1v) is 7.69. The van der Waals surface area contributed by atoms with Crippen LogP contribution in [0.2, 0.25) is 0 Å². The quantitative estimate of drug-likeness (QED) is 0.822. The second-order valence-corrected chi connectivity index (χ2v) is 7.09. The second kappa shape index (κ2) is 5.15. The fraction of sp³-hybridized carbons (Fsp3) is 0.471. The number of benzene rings is 1. The van der Waals surface area contributed by atoms with Gasteiger partial charge in [0.2, 0.25) is 11.8 Å². The Kier molecular flexibility index (Phi) is 3.50. The lowest BCUT2D eigenvalue weighted by molar-refractivity contribution is -0.134. The molecule has 1 aliphatic heterocycles. The number of carbonyl (C=O) groups is 2. The molecule has 1 aromatic heterocycles. The molecule has 5 nitrogen and oxygen atoms in total. The van der Waals surface area contributed by atoms with Gasteiger partial charge in [-0.3, -0.25) is 19.6 Å². The van der Waals surface area contributed by atoms with Crippen LogP contribution in [0.5, 0.6) is 0 Å². The van der Waals surface area contributed by atoms with Crippen LogP contribution in [0.1, 0.15) is 50.8 Å². The topological polar surface area (TPSA) is 64.0 Å². The van der Waals surface area contributed by atoms with Gasteiger partial charge in [0.1, 0.15) is 5.52 Å². The smallest absolute Gasteiger partial charge is 0.235 e. The lowest BCUT2D eigenvalue weighted by Crippen LogP contribution is -2.39. The number of aromatic nitrogens is 2. The summed E-state index contributed by atoms with van der Waals surface area (Å²) >= 11 is 0. The van der Waals surface area contributed by atoms with E-state index in [4.69, 9.17) is 0 Å². The Morgan fingerprint density at radius 2 is 2.00 bits per heavy atom. The maximum Gasteiger partial charge on any atom is 0.235 e. The highest BCUT2D eigenvalue weighted by molar-refractivity contribution is 6.02. The zero-order valence-corrected chi connectivity index (χ0v) is 13.7. The average molecular weight is 317 g/mol. The number of amides is 2. The van der Waals surface area contributed by atoms with Crippen LogP contribution in [0, 0.1) is 5.82 Å². The second-order valence-electron chi connectivity index (χ2n) is 7.09. The monoisotopic (exact) mass is 317 g/mol. The van der Waals surface area contributed by atoms with Crippen molar-refractivity contribution in [3.8, 4) is 0 Å². The molecule has 6 heteroatoms. The van der Waals surface area contributed by atoms with E-state index in [9.17, 15) is 14.0 Å². The largest absolute Gasteiger partial charge is 0.296 e. The number of fused-ring (bicyclic) bond motifs is 1. The summed E-state index contributed by atoms with van der Waals surface area (Å²) in [5.41, 5.74) is 1.23. The molecular weight excluding hydrogens is 297 g/mol. The molecule has 1 N–H and O–H groups in total. The normalized spacial score (nSPS) is 19.3. The van der Waals surface area contributed by atoms with E-state index in [-0.39, 0.29) is 29.5 Å². The number of nitrogens with one attached hydrogen (secondary N) is 1. The molecule has 0 spiro atoms. The molecule has 1 unspecified atom stereocenters. The highest BCUT2D eigenvalue weighted by atomic mass is 19.1. The van der Waals surface area contributed by atoms with Gasteiger partial charge in [-0.05, 0) is 17.4 Å². The van der Waals surface area contributed by atoms with Crippen LogP contribution in [-0.2, 0) is 22.1 Å². The number of aryl methyl sites for hydroxylation is 1. The molecule has 0 bridgehead atoms. The lowest BCUT2D eigenvalue weighted by Gasteiger charge is -2.21. The van der Waals surface area contributed by atoms with Gasteiger partial charge in [0.15, 0.2) is 5.82 Å². The fourth-order valence-electron chi connectivity index (χ4n) is 3.14. The van der Waals surface area contributed by atoms with E-state index in [1.807, 2.05) is 26.8 Å². The van der Waals surface area contributed by atoms with E-state index in [1.54, 1.807) is 13.1 Å². The molecular formula is C17H20FN3O2. The summed E-state index contributed by atoms with van der Waals surface area (Å²) in [6, 6.07) is 3.58. The van der Waals surface area contributed by atoms with Crippen LogP contribution < -0.4 is 5.32 Å². The molecule has 0 saturated carbocycles. The van der Waals surface area contributed by atoms with Crippen molar-refractivity contribution in [1.29, 1.82) is 0 Å². The van der Waals surface area contributed by atoms with Gasteiger partial charge in [-0.1, -0.05) is 32.9 Å². The Balaban J connectivity index is 2.16. The maximum atomic E-state index is 15.0. The molecule has 2 heterocycles. The molecule has 122 valence electrons. The third kappa shape index (κ3) is 2.52. The van der Waals surface area contributed by atoms with Crippen LogP contribution in [0.4, 0.5) is 4.39 Å². The summed E-state index contributed by atoms with van der Waals surface area (Å²) in [4.78, 5) is 23.4. The van der Waals surface area contributed by atoms with E-state index in [0.717, 1.165) is 0 Å². The average Bonchev–Trinajstić information content (AvgIpc) is 2.75. The van der Waals surface area contributed by atoms with Gasteiger partial charge >= 0.3 is 0 Å². The van der Waals surface area contributed by atoms with Crippen molar-refractivity contribution in [2.45, 2.75) is 44.9 Å². The molecule has 0 radical (unpaired) electrons. The van der Waals surface area contributed by atoms with Crippen LogP contribution in [0.3, 0.4) is 0 Å². The number of imide groups is 1. The number of nitrogens with zero attached hydrogens (tertiary/aromatic N) is 2. The zero-order valence-electron chi connectivity index (χ0n) is 13.7. The predicted molar refractivity (Wildman–Crippen MR) is 84.5 cm³/mol. The summed E-state index contributed by atoms with van der Waals surface area (Å²) in [7, 11) is 1.67. The third-order valence-electron chi connectivity index (χ3n) is 4.35. The summed E-state index contributed by atoms with van der Waals surface area (Å²) in [6.07, 6.45) is 0.677. The van der Waals surface area contributed by atoms with Gasteiger partial charge in [-0.25, -0.2) is 4.39 Å². The molecule has 3 rings (SSSR count). The van der Waals surface area contributed by atoms with Gasteiger partial charge in [0.25, 0.3) is 0 Å². The highest BCUT2D eigenvalue weighted by Crippen LogP contribution is 2.35. The third-order valence-corrected chi connectivity index (χ3v) is 4.35. The van der Waals surface area contributed by atoms with E-state index in [0.29, 0.717) is 28.6 Å². The van der Waals surface area contributed by atoms with Crippen LogP contribution in [0.15, 0.2) is 12.1 Å². The SMILES string of the molecule is Cn1nc(C2CCC(=O)NC2=O)c2ccc(C(C)(C)C)c(F)c21. The van der Waals surface area contributed by atoms with Crippen molar-refractivity contribution in [3.63, 3.8) is 0 Å². The first-order valence-electron chi connectivity index (χ1n) is 7.69. The van der Waals surface area contributed by atoms with Crippen molar-refractivity contribution in [1.82, 2.24) is 15.1 Å². The molecule has 1 fully saturated rings. The van der Waals surface area contributed by atoms with Gasteiger partial charge in [0.05, 0.1) is 11.6 Å². The molecule has 2 amide bonds. The summed E-state index contributed by atoms with van der Waals surface area (Å²) in [5.74, 6) is -1.45. The predicted octanol–water partition coefficient (Wildman–Crippen LogP) is 2.53. The van der Waals surface area contributed by atoms with E-state index in [1.165, 1.54) is 4.68 Å². The Labute approximate surface area is 133 Å². The molecule has 23 heavy (non-hydrogen) atoms. The molecule has 1 aromatic carbocycles. The van der Waals surface area contributed by atoms with Crippen molar-refractivity contribution < 1.29 is 14.0 Å². The van der Waals surface area contributed by atoms with Crippen molar-refractivity contribution in [3.05, 3.63) is 29.2 Å². The number of carbonyl (C=O) groups excluding carboxylic acids is 2. The minimum Gasteiger partial charge on any atom is -0.296 e. The Hall–Kier alpha value is -2.24. The highest BCUT2D eigenvalue weighted by Gasteiger charge is 2.33. The summed E-state index contributed by atoms with van der Waals surface area (Å²) in [6.45, 7) is 5.86. The molecule has 1 aliphatic rings. The van der Waals surface area contributed by atoms with Gasteiger partial charge < -0.3 is 0 Å². The van der Waals surface area contributed by atoms with E-state index in [2.05, 4.69) is 10.4 Å². The minimum atomic E-state index is -0.517. The van der Waals surface area contributed by atoms with Crippen LogP contribution in [-0.4, -0.2) is 21.6 Å². The molecule has 1 atom stereocenters. The van der Waals surface area contributed by atoms with Crippen molar-refractivity contribution in [2.75, 3.05) is 0 Å². The van der Waals surface area contributed by atoms with E-state index < -0.39 is 5.92 Å². The molecule has 2 aromatic rings. The number of halogens is 1. The van der Waals surface area contributed by atoms with Crippen LogP contribution >= 0.6 is 0 Å². The standard InChI is InChI=1S/C17H20FN3O2/c1-17(2,3)11-7-5-9-14(20-21(4)15(9)13(11)18)10-6-8-12(22)19-16(10)23/h5,7,10H,6,8H2,1-4H3,(H,19,22,23). The van der Waals surface area contributed by atoms with E-state index >= 15 is 0 Å². The lowest BCUT2D eigenvalue weighted by atomic mass is 9.85. The first-order chi connectivity index (χ1) is 10.7. The molecule has 0 aliphatic carbocycles. The number of hydrogen-bond donors (Lipinski definition) is 1. The number of rotatable bonds is 1.